The molecular weight excluding hydrogens is 308 g/mol. The quantitative estimate of drug-likeness (QED) is 0.828. The molecule has 0 spiro atoms. The molecule has 0 aromatic heterocycles. The van der Waals surface area contributed by atoms with Gasteiger partial charge in [0.2, 0.25) is 5.91 Å². The number of ether oxygens (including phenoxy) is 2. The maximum atomic E-state index is 12.1. The molecule has 1 aliphatic carbocycles. The first-order chi connectivity index (χ1) is 11.6. The van der Waals surface area contributed by atoms with Crippen LogP contribution in [0.5, 0.6) is 11.5 Å². The summed E-state index contributed by atoms with van der Waals surface area (Å²) in [6.07, 6.45) is 5.69. The number of carbonyl (C=O) groups is 2. The van der Waals surface area contributed by atoms with Gasteiger partial charge in [-0.15, -0.1) is 0 Å². The minimum atomic E-state index is -0.309. The summed E-state index contributed by atoms with van der Waals surface area (Å²) in [6.45, 7) is -0.107. The number of hydrogen-bond acceptors (Lipinski definition) is 4. The first kappa shape index (κ1) is 18.1. The lowest BCUT2D eigenvalue weighted by Crippen LogP contribution is -2.44. The van der Waals surface area contributed by atoms with Gasteiger partial charge in [-0.05, 0) is 37.1 Å². The van der Waals surface area contributed by atoms with Crippen LogP contribution in [0.1, 0.15) is 32.1 Å². The monoisotopic (exact) mass is 334 g/mol. The molecule has 6 nitrogen and oxygen atoms in total. The van der Waals surface area contributed by atoms with Crippen molar-refractivity contribution in [3.05, 3.63) is 24.3 Å². The van der Waals surface area contributed by atoms with Crippen LogP contribution in [0.3, 0.4) is 0 Å². The molecule has 0 unspecified atom stereocenters. The third kappa shape index (κ3) is 5.44. The van der Waals surface area contributed by atoms with Crippen LogP contribution >= 0.6 is 0 Å². The zero-order valence-corrected chi connectivity index (χ0v) is 14.4. The van der Waals surface area contributed by atoms with Crippen molar-refractivity contribution in [1.82, 2.24) is 10.2 Å². The molecule has 0 heterocycles. The molecule has 1 aliphatic rings. The Morgan fingerprint density at radius 1 is 1.12 bits per heavy atom. The van der Waals surface area contributed by atoms with E-state index in [2.05, 4.69) is 5.32 Å². The summed E-state index contributed by atoms with van der Waals surface area (Å²) in [5, 5.41) is 2.62. The number of methoxy groups -OCH3 is 1. The second kappa shape index (κ2) is 9.15. The van der Waals surface area contributed by atoms with Gasteiger partial charge in [-0.1, -0.05) is 19.3 Å². The Labute approximate surface area is 143 Å². The highest BCUT2D eigenvalue weighted by molar-refractivity contribution is 5.85. The van der Waals surface area contributed by atoms with Gasteiger partial charge in [-0.25, -0.2) is 0 Å². The van der Waals surface area contributed by atoms with Gasteiger partial charge < -0.3 is 19.7 Å². The molecule has 2 rings (SSSR count). The lowest BCUT2D eigenvalue weighted by Gasteiger charge is -2.31. The van der Waals surface area contributed by atoms with Crippen LogP contribution in [-0.2, 0) is 9.59 Å². The maximum Gasteiger partial charge on any atom is 0.258 e. The summed E-state index contributed by atoms with van der Waals surface area (Å²) in [5.74, 6) is 0.940. The molecule has 6 heteroatoms. The van der Waals surface area contributed by atoms with E-state index < -0.39 is 0 Å². The van der Waals surface area contributed by atoms with E-state index in [0.717, 1.165) is 18.6 Å². The fraction of sp³-hybridized carbons (Fsp3) is 0.556. The van der Waals surface area contributed by atoms with Crippen molar-refractivity contribution in [2.75, 3.05) is 27.3 Å². The normalized spacial score (nSPS) is 14.8. The van der Waals surface area contributed by atoms with Crippen LogP contribution in [0.2, 0.25) is 0 Å². The van der Waals surface area contributed by atoms with Crippen molar-refractivity contribution in [2.45, 2.75) is 38.1 Å². The summed E-state index contributed by atoms with van der Waals surface area (Å²) >= 11 is 0. The van der Waals surface area contributed by atoms with E-state index in [1.54, 1.807) is 36.3 Å². The second-order valence-electron chi connectivity index (χ2n) is 6.04. The average Bonchev–Trinajstić information content (AvgIpc) is 2.64. The Kier molecular flexibility index (Phi) is 6.90. The second-order valence-corrected chi connectivity index (χ2v) is 6.04. The Morgan fingerprint density at radius 2 is 1.75 bits per heavy atom. The van der Waals surface area contributed by atoms with Crippen LogP contribution in [0, 0.1) is 0 Å². The van der Waals surface area contributed by atoms with Crippen LogP contribution in [0.4, 0.5) is 0 Å². The molecule has 132 valence electrons. The topological polar surface area (TPSA) is 67.9 Å². The van der Waals surface area contributed by atoms with Crippen LogP contribution in [0.15, 0.2) is 24.3 Å². The molecule has 1 aromatic rings. The van der Waals surface area contributed by atoms with Crippen molar-refractivity contribution >= 4 is 11.8 Å². The Morgan fingerprint density at radius 3 is 2.38 bits per heavy atom. The zero-order valence-electron chi connectivity index (χ0n) is 14.4. The standard InChI is InChI=1S/C18H26N2O4/c1-20(14-6-4-3-5-7-14)18(22)12-19-17(21)13-24-16-10-8-15(23-2)9-11-16/h8-11,14H,3-7,12-13H2,1-2H3,(H,19,21). The number of nitrogens with one attached hydrogen (secondary N) is 1. The first-order valence-corrected chi connectivity index (χ1v) is 8.39. The SMILES string of the molecule is COc1ccc(OCC(=O)NCC(=O)N(C)C2CCCCC2)cc1. The van der Waals surface area contributed by atoms with Gasteiger partial charge in [0, 0.05) is 13.1 Å². The van der Waals surface area contributed by atoms with Crippen molar-refractivity contribution in [1.29, 1.82) is 0 Å². The largest absolute Gasteiger partial charge is 0.497 e. The Hall–Kier alpha value is -2.24. The molecule has 0 saturated heterocycles. The van der Waals surface area contributed by atoms with E-state index in [9.17, 15) is 9.59 Å². The highest BCUT2D eigenvalue weighted by atomic mass is 16.5. The highest BCUT2D eigenvalue weighted by Crippen LogP contribution is 2.21. The van der Waals surface area contributed by atoms with E-state index in [4.69, 9.17) is 9.47 Å². The van der Waals surface area contributed by atoms with E-state index >= 15 is 0 Å². The molecule has 2 amide bonds. The van der Waals surface area contributed by atoms with Gasteiger partial charge in [0.05, 0.1) is 13.7 Å². The van der Waals surface area contributed by atoms with Crippen molar-refractivity contribution in [2.24, 2.45) is 0 Å². The number of rotatable bonds is 7. The number of benzene rings is 1. The molecule has 0 atom stereocenters. The third-order valence-corrected chi connectivity index (χ3v) is 4.38. The minimum Gasteiger partial charge on any atom is -0.497 e. The van der Waals surface area contributed by atoms with Gasteiger partial charge in [-0.2, -0.15) is 0 Å². The summed E-state index contributed by atoms with van der Waals surface area (Å²) in [6, 6.07) is 7.28. The van der Waals surface area contributed by atoms with Crippen molar-refractivity contribution in [3.8, 4) is 11.5 Å². The first-order valence-electron chi connectivity index (χ1n) is 8.39. The van der Waals surface area contributed by atoms with Gasteiger partial charge in [-0.3, -0.25) is 9.59 Å². The highest BCUT2D eigenvalue weighted by Gasteiger charge is 2.22. The number of carbonyl (C=O) groups excluding carboxylic acids is 2. The van der Waals surface area contributed by atoms with Gasteiger partial charge in [0.1, 0.15) is 11.5 Å². The van der Waals surface area contributed by atoms with E-state index in [-0.39, 0.29) is 25.0 Å². The van der Waals surface area contributed by atoms with E-state index in [1.807, 2.05) is 7.05 Å². The number of hydrogen-bond donors (Lipinski definition) is 1. The van der Waals surface area contributed by atoms with E-state index in [0.29, 0.717) is 11.8 Å². The predicted molar refractivity (Wildman–Crippen MR) is 91.1 cm³/mol. The zero-order chi connectivity index (χ0) is 17.4. The van der Waals surface area contributed by atoms with Crippen molar-refractivity contribution < 1.29 is 19.1 Å². The predicted octanol–water partition coefficient (Wildman–Crippen LogP) is 1.98. The fourth-order valence-electron chi connectivity index (χ4n) is 2.84. The third-order valence-electron chi connectivity index (χ3n) is 4.38. The fourth-order valence-corrected chi connectivity index (χ4v) is 2.84. The molecular formula is C18H26N2O4. The number of likely N-dealkylation sites (N-methyl/N-ethyl adjacent to an activating group) is 1. The Balaban J connectivity index is 1.68. The molecule has 1 N–H and O–H groups in total. The van der Waals surface area contributed by atoms with Gasteiger partial charge >= 0.3 is 0 Å². The van der Waals surface area contributed by atoms with Crippen LogP contribution in [-0.4, -0.2) is 50.1 Å². The summed E-state index contributed by atoms with van der Waals surface area (Å²) in [5.41, 5.74) is 0. The van der Waals surface area contributed by atoms with Crippen molar-refractivity contribution in [3.63, 3.8) is 0 Å². The minimum absolute atomic E-state index is 0.0117. The molecule has 0 aliphatic heterocycles. The summed E-state index contributed by atoms with van der Waals surface area (Å²) in [7, 11) is 3.41. The molecule has 1 fully saturated rings. The molecule has 0 radical (unpaired) electrons. The van der Waals surface area contributed by atoms with E-state index in [1.165, 1.54) is 19.3 Å². The van der Waals surface area contributed by atoms with Crippen LogP contribution < -0.4 is 14.8 Å². The van der Waals surface area contributed by atoms with Gasteiger partial charge in [0.15, 0.2) is 6.61 Å². The average molecular weight is 334 g/mol. The smallest absolute Gasteiger partial charge is 0.258 e. The summed E-state index contributed by atoms with van der Waals surface area (Å²) < 4.78 is 10.4. The number of nitrogens with zero attached hydrogens (tertiary/aromatic N) is 1. The lowest BCUT2D eigenvalue weighted by atomic mass is 9.94. The van der Waals surface area contributed by atoms with Crippen LogP contribution in [0.25, 0.3) is 0 Å². The molecule has 1 aromatic carbocycles. The number of amides is 2. The van der Waals surface area contributed by atoms with Gasteiger partial charge in [0.25, 0.3) is 5.91 Å². The Bertz CT molecular complexity index is 538. The summed E-state index contributed by atoms with van der Waals surface area (Å²) in [4.78, 5) is 25.7. The molecule has 24 heavy (non-hydrogen) atoms. The molecule has 1 saturated carbocycles. The maximum absolute atomic E-state index is 12.1. The molecule has 0 bridgehead atoms. The lowest BCUT2D eigenvalue weighted by molar-refractivity contribution is -0.134.